The molecule has 0 saturated carbocycles. The van der Waals surface area contributed by atoms with Crippen LogP contribution in [0.15, 0.2) is 36.7 Å². The van der Waals surface area contributed by atoms with Crippen molar-refractivity contribution in [2.24, 2.45) is 0 Å². The molecule has 0 radical (unpaired) electrons. The number of anilines is 2. The first kappa shape index (κ1) is 24.2. The van der Waals surface area contributed by atoms with Crippen LogP contribution in [-0.2, 0) is 17.8 Å². The van der Waals surface area contributed by atoms with Crippen molar-refractivity contribution in [1.29, 1.82) is 0 Å². The van der Waals surface area contributed by atoms with E-state index in [0.717, 1.165) is 12.0 Å². The molecule has 178 valence electrons. The fraction of sp³-hybridized carbons (Fsp3) is 0.478. The molecule has 0 aliphatic carbocycles. The van der Waals surface area contributed by atoms with E-state index in [1.54, 1.807) is 6.33 Å². The lowest BCUT2D eigenvalue weighted by Crippen LogP contribution is -2.34. The lowest BCUT2D eigenvalue weighted by Gasteiger charge is -2.19. The Labute approximate surface area is 193 Å². The largest absolute Gasteiger partial charge is 0.444 e. The Morgan fingerprint density at radius 2 is 1.97 bits per heavy atom. The van der Waals surface area contributed by atoms with Gasteiger partial charge in [-0.2, -0.15) is 9.97 Å². The minimum absolute atomic E-state index is 0.0241. The zero-order valence-corrected chi connectivity index (χ0v) is 19.6. The predicted octanol–water partition coefficient (Wildman–Crippen LogP) is 3.15. The number of carbonyl (C=O) groups is 1. The average Bonchev–Trinajstić information content (AvgIpc) is 3.18. The molecule has 0 aliphatic heterocycles. The van der Waals surface area contributed by atoms with Crippen LogP contribution in [0, 0.1) is 0 Å². The van der Waals surface area contributed by atoms with Gasteiger partial charge in [-0.05, 0) is 32.8 Å². The summed E-state index contributed by atoms with van der Waals surface area (Å²) in [6.45, 7) is 8.81. The van der Waals surface area contributed by atoms with Crippen molar-refractivity contribution >= 4 is 29.0 Å². The Morgan fingerprint density at radius 1 is 1.21 bits per heavy atom. The first-order valence-electron chi connectivity index (χ1n) is 11.1. The molecule has 0 saturated heterocycles. The quantitative estimate of drug-likeness (QED) is 0.367. The summed E-state index contributed by atoms with van der Waals surface area (Å²) in [6, 6.07) is 9.85. The van der Waals surface area contributed by atoms with E-state index < -0.39 is 11.7 Å². The maximum Gasteiger partial charge on any atom is 0.407 e. The number of nitrogens with one attached hydrogen (secondary N) is 3. The number of nitrogens with zero attached hydrogens (tertiary/aromatic N) is 4. The number of amides is 1. The highest BCUT2D eigenvalue weighted by atomic mass is 16.6. The van der Waals surface area contributed by atoms with Crippen molar-refractivity contribution in [3.63, 3.8) is 0 Å². The number of aliphatic hydroxyl groups excluding tert-OH is 1. The van der Waals surface area contributed by atoms with E-state index in [1.165, 1.54) is 0 Å². The van der Waals surface area contributed by atoms with E-state index in [2.05, 4.69) is 30.9 Å². The van der Waals surface area contributed by atoms with E-state index in [9.17, 15) is 9.90 Å². The van der Waals surface area contributed by atoms with Gasteiger partial charge in [0.25, 0.3) is 0 Å². The first-order chi connectivity index (χ1) is 15.8. The molecule has 10 heteroatoms. The lowest BCUT2D eigenvalue weighted by atomic mass is 10.2. The van der Waals surface area contributed by atoms with Gasteiger partial charge in [0.05, 0.1) is 19.0 Å². The van der Waals surface area contributed by atoms with Crippen LogP contribution in [0.4, 0.5) is 16.6 Å². The summed E-state index contributed by atoms with van der Waals surface area (Å²) in [5.74, 6) is 0.999. The third-order valence-corrected chi connectivity index (χ3v) is 4.83. The zero-order chi connectivity index (χ0) is 23.8. The van der Waals surface area contributed by atoms with Crippen molar-refractivity contribution in [3.8, 4) is 0 Å². The number of hydrogen-bond donors (Lipinski definition) is 4. The smallest absolute Gasteiger partial charge is 0.407 e. The van der Waals surface area contributed by atoms with Gasteiger partial charge in [0.2, 0.25) is 5.95 Å². The van der Waals surface area contributed by atoms with Gasteiger partial charge in [0.1, 0.15) is 5.60 Å². The Hall–Kier alpha value is -3.40. The van der Waals surface area contributed by atoms with Crippen molar-refractivity contribution < 1.29 is 14.6 Å². The molecule has 0 unspecified atom stereocenters. The van der Waals surface area contributed by atoms with Crippen molar-refractivity contribution in [2.75, 3.05) is 23.8 Å². The topological polar surface area (TPSA) is 126 Å². The molecule has 0 bridgehead atoms. The molecule has 3 aromatic rings. The molecular formula is C23H33N7O3. The summed E-state index contributed by atoms with van der Waals surface area (Å²) < 4.78 is 7.14. The summed E-state index contributed by atoms with van der Waals surface area (Å²) in [5.41, 5.74) is 1.82. The number of fused-ring (bicyclic) bond motifs is 1. The van der Waals surface area contributed by atoms with Crippen LogP contribution in [-0.4, -0.2) is 55.5 Å². The number of benzene rings is 1. The third-order valence-electron chi connectivity index (χ3n) is 4.83. The standard InChI is InChI=1S/C23H33N7O3/c1-5-17(14-31)27-21-28-19(25-13-16-9-7-6-8-10-16)18-20(29-21)30(15-26-18)12-11-24-22(32)33-23(2,3)4/h6-10,15,17,31H,5,11-14H2,1-4H3,(H,24,32)(H2,25,27,28,29)/t17-/m1/s1. The molecule has 0 spiro atoms. The normalized spacial score (nSPS) is 12.4. The first-order valence-corrected chi connectivity index (χ1v) is 11.1. The Bertz CT molecular complexity index is 1040. The van der Waals surface area contributed by atoms with Gasteiger partial charge < -0.3 is 30.4 Å². The molecule has 1 aromatic carbocycles. The highest BCUT2D eigenvalue weighted by Crippen LogP contribution is 2.22. The van der Waals surface area contributed by atoms with Crippen LogP contribution in [0.3, 0.4) is 0 Å². The third kappa shape index (κ3) is 7.04. The summed E-state index contributed by atoms with van der Waals surface area (Å²) in [4.78, 5) is 25.7. The Balaban J connectivity index is 1.80. The van der Waals surface area contributed by atoms with Gasteiger partial charge in [-0.1, -0.05) is 37.3 Å². The lowest BCUT2D eigenvalue weighted by molar-refractivity contribution is 0.0526. The van der Waals surface area contributed by atoms with E-state index in [1.807, 2.05) is 62.6 Å². The molecule has 2 heterocycles. The molecule has 33 heavy (non-hydrogen) atoms. The average molecular weight is 456 g/mol. The zero-order valence-electron chi connectivity index (χ0n) is 19.6. The van der Waals surface area contributed by atoms with Crippen molar-refractivity contribution in [2.45, 2.75) is 58.8 Å². The molecule has 2 aromatic heterocycles. The van der Waals surface area contributed by atoms with Crippen molar-refractivity contribution in [3.05, 3.63) is 42.2 Å². The molecule has 0 fully saturated rings. The summed E-state index contributed by atoms with van der Waals surface area (Å²) in [7, 11) is 0. The number of ether oxygens (including phenoxy) is 1. The fourth-order valence-corrected chi connectivity index (χ4v) is 3.13. The molecule has 3 rings (SSSR count). The maximum atomic E-state index is 11.9. The van der Waals surface area contributed by atoms with Crippen LogP contribution >= 0.6 is 0 Å². The summed E-state index contributed by atoms with van der Waals surface area (Å²) >= 11 is 0. The number of aliphatic hydroxyl groups is 1. The number of hydrogen-bond acceptors (Lipinski definition) is 8. The van der Waals surface area contributed by atoms with Crippen LogP contribution in [0.5, 0.6) is 0 Å². The van der Waals surface area contributed by atoms with E-state index in [0.29, 0.717) is 42.6 Å². The monoisotopic (exact) mass is 455 g/mol. The molecular weight excluding hydrogens is 422 g/mol. The van der Waals surface area contributed by atoms with E-state index in [-0.39, 0.29) is 12.6 Å². The molecule has 1 amide bonds. The number of carbonyl (C=O) groups excluding carboxylic acids is 1. The minimum atomic E-state index is -0.554. The predicted molar refractivity (Wildman–Crippen MR) is 128 cm³/mol. The second kappa shape index (κ2) is 11.0. The van der Waals surface area contributed by atoms with Crippen LogP contribution in [0.2, 0.25) is 0 Å². The van der Waals surface area contributed by atoms with Gasteiger partial charge in [-0.25, -0.2) is 9.78 Å². The van der Waals surface area contributed by atoms with Crippen LogP contribution in [0.25, 0.3) is 11.2 Å². The van der Waals surface area contributed by atoms with Gasteiger partial charge in [0, 0.05) is 19.6 Å². The van der Waals surface area contributed by atoms with E-state index >= 15 is 0 Å². The van der Waals surface area contributed by atoms with Crippen LogP contribution < -0.4 is 16.0 Å². The van der Waals surface area contributed by atoms with Gasteiger partial charge >= 0.3 is 6.09 Å². The molecule has 4 N–H and O–H groups in total. The SMILES string of the molecule is CC[C@H](CO)Nc1nc(NCc2ccccc2)c2ncn(CCNC(=O)OC(C)(C)C)c2n1. The second-order valence-corrected chi connectivity index (χ2v) is 8.71. The van der Waals surface area contributed by atoms with Gasteiger partial charge in [-0.3, -0.25) is 0 Å². The number of imidazole rings is 1. The number of alkyl carbamates (subject to hydrolysis) is 1. The maximum absolute atomic E-state index is 11.9. The molecule has 0 aliphatic rings. The fourth-order valence-electron chi connectivity index (χ4n) is 3.13. The highest BCUT2D eigenvalue weighted by molar-refractivity contribution is 5.84. The highest BCUT2D eigenvalue weighted by Gasteiger charge is 2.17. The van der Waals surface area contributed by atoms with E-state index in [4.69, 9.17) is 4.74 Å². The van der Waals surface area contributed by atoms with Gasteiger partial charge in [0.15, 0.2) is 17.0 Å². The Kier molecular flexibility index (Phi) is 8.05. The van der Waals surface area contributed by atoms with Crippen LogP contribution in [0.1, 0.15) is 39.7 Å². The minimum Gasteiger partial charge on any atom is -0.444 e. The molecule has 1 atom stereocenters. The second-order valence-electron chi connectivity index (χ2n) is 8.71. The van der Waals surface area contributed by atoms with Gasteiger partial charge in [-0.15, -0.1) is 0 Å². The number of rotatable bonds is 10. The Morgan fingerprint density at radius 3 is 2.64 bits per heavy atom. The number of aromatic nitrogens is 4. The summed E-state index contributed by atoms with van der Waals surface area (Å²) in [6.07, 6.45) is 1.93. The summed E-state index contributed by atoms with van der Waals surface area (Å²) in [5, 5.41) is 18.9. The van der Waals surface area contributed by atoms with Crippen molar-refractivity contribution in [1.82, 2.24) is 24.8 Å². The molecule has 10 nitrogen and oxygen atoms in total.